The first-order valence-electron chi connectivity index (χ1n) is 5.46. The van der Waals surface area contributed by atoms with Crippen LogP contribution in [-0.2, 0) is 6.54 Å². The van der Waals surface area contributed by atoms with E-state index in [4.69, 9.17) is 0 Å². The van der Waals surface area contributed by atoms with Crippen molar-refractivity contribution in [3.63, 3.8) is 0 Å². The normalized spacial score (nSPS) is 10.4. The maximum Gasteiger partial charge on any atom is 0.0726 e. The van der Waals surface area contributed by atoms with E-state index in [9.17, 15) is 0 Å². The second kappa shape index (κ2) is 4.39. The van der Waals surface area contributed by atoms with E-state index in [-0.39, 0.29) is 0 Å². The smallest absolute Gasteiger partial charge is 0.0726 e. The van der Waals surface area contributed by atoms with Crippen LogP contribution in [0.1, 0.15) is 22.3 Å². The minimum absolute atomic E-state index is 0.845. The quantitative estimate of drug-likeness (QED) is 0.826. The zero-order chi connectivity index (χ0) is 11.5. The van der Waals surface area contributed by atoms with Crippen LogP contribution in [-0.4, -0.2) is 10.2 Å². The molecule has 3 heteroatoms. The Morgan fingerprint density at radius 1 is 1.19 bits per heavy atom. The number of nitrogens with one attached hydrogen (secondary N) is 2. The Hall–Kier alpha value is -1.77. The summed E-state index contributed by atoms with van der Waals surface area (Å²) in [5, 5.41) is 10.0. The van der Waals surface area contributed by atoms with Gasteiger partial charge < -0.3 is 5.32 Å². The van der Waals surface area contributed by atoms with Crippen LogP contribution < -0.4 is 5.32 Å². The van der Waals surface area contributed by atoms with Crippen molar-refractivity contribution in [3.8, 4) is 0 Å². The van der Waals surface area contributed by atoms with Gasteiger partial charge in [-0.2, -0.15) is 5.10 Å². The lowest BCUT2D eigenvalue weighted by Gasteiger charge is -2.12. The lowest BCUT2D eigenvalue weighted by atomic mass is 10.00. The van der Waals surface area contributed by atoms with Crippen LogP contribution in [0.25, 0.3) is 0 Å². The molecule has 0 amide bonds. The van der Waals surface area contributed by atoms with Gasteiger partial charge in [-0.3, -0.25) is 5.10 Å². The van der Waals surface area contributed by atoms with Gasteiger partial charge in [-0.15, -0.1) is 0 Å². The predicted octanol–water partition coefficient (Wildman–Crippen LogP) is 2.95. The van der Waals surface area contributed by atoms with E-state index < -0.39 is 0 Å². The number of hydrogen-bond donors (Lipinski definition) is 2. The molecule has 84 valence electrons. The molecule has 0 saturated heterocycles. The minimum atomic E-state index is 0.845. The number of H-pyrrole nitrogens is 1. The third-order valence-electron chi connectivity index (χ3n) is 2.81. The van der Waals surface area contributed by atoms with Crippen molar-refractivity contribution in [1.82, 2.24) is 10.2 Å². The van der Waals surface area contributed by atoms with Crippen LogP contribution in [0.4, 0.5) is 5.69 Å². The molecule has 0 aliphatic carbocycles. The molecule has 0 fully saturated rings. The van der Waals surface area contributed by atoms with Gasteiger partial charge in [-0.25, -0.2) is 0 Å². The summed E-state index contributed by atoms with van der Waals surface area (Å²) in [7, 11) is 0. The fourth-order valence-electron chi connectivity index (χ4n) is 2.03. The molecule has 0 saturated carbocycles. The zero-order valence-electron chi connectivity index (χ0n) is 9.96. The van der Waals surface area contributed by atoms with Gasteiger partial charge in [-0.05, 0) is 37.5 Å². The van der Waals surface area contributed by atoms with Crippen LogP contribution in [0, 0.1) is 20.8 Å². The molecule has 0 aliphatic heterocycles. The highest BCUT2D eigenvalue weighted by atomic mass is 15.1. The Kier molecular flexibility index (Phi) is 2.95. The summed E-state index contributed by atoms with van der Waals surface area (Å²) in [6.45, 7) is 7.30. The molecule has 1 aromatic carbocycles. The summed E-state index contributed by atoms with van der Waals surface area (Å²) < 4.78 is 0. The average Bonchev–Trinajstić information content (AvgIpc) is 2.68. The first-order valence-corrected chi connectivity index (χ1v) is 5.46. The standard InChI is InChI=1S/C13H17N3/c1-9-4-10(2)13(11(3)5-9)8-14-12-6-15-16-7-12/h4-7,14H,8H2,1-3H3,(H,15,16). The molecule has 1 heterocycles. The molecule has 2 aromatic rings. The van der Waals surface area contributed by atoms with Gasteiger partial charge in [0.1, 0.15) is 0 Å². The zero-order valence-corrected chi connectivity index (χ0v) is 9.96. The predicted molar refractivity (Wildman–Crippen MR) is 66.6 cm³/mol. The molecule has 2 N–H and O–H groups in total. The number of rotatable bonds is 3. The van der Waals surface area contributed by atoms with Gasteiger partial charge in [-0.1, -0.05) is 17.7 Å². The highest BCUT2D eigenvalue weighted by Crippen LogP contribution is 2.17. The van der Waals surface area contributed by atoms with E-state index >= 15 is 0 Å². The van der Waals surface area contributed by atoms with Gasteiger partial charge in [0.05, 0.1) is 11.9 Å². The van der Waals surface area contributed by atoms with Gasteiger partial charge >= 0.3 is 0 Å². The monoisotopic (exact) mass is 215 g/mol. The highest BCUT2D eigenvalue weighted by molar-refractivity contribution is 5.43. The second-order valence-corrected chi connectivity index (χ2v) is 4.22. The van der Waals surface area contributed by atoms with Crippen molar-refractivity contribution in [1.29, 1.82) is 0 Å². The number of benzene rings is 1. The van der Waals surface area contributed by atoms with Crippen molar-refractivity contribution in [2.75, 3.05) is 5.32 Å². The largest absolute Gasteiger partial charge is 0.378 e. The van der Waals surface area contributed by atoms with Gasteiger partial charge in [0.2, 0.25) is 0 Å². The van der Waals surface area contributed by atoms with Gasteiger partial charge in [0.15, 0.2) is 0 Å². The van der Waals surface area contributed by atoms with Crippen LogP contribution in [0.3, 0.4) is 0 Å². The third-order valence-corrected chi connectivity index (χ3v) is 2.81. The molecular formula is C13H17N3. The van der Waals surface area contributed by atoms with Crippen molar-refractivity contribution in [3.05, 3.63) is 46.8 Å². The summed E-state index contributed by atoms with van der Waals surface area (Å²) >= 11 is 0. The average molecular weight is 215 g/mol. The van der Waals surface area contributed by atoms with E-state index in [0.29, 0.717) is 0 Å². The number of nitrogens with zero attached hydrogens (tertiary/aromatic N) is 1. The lowest BCUT2D eigenvalue weighted by molar-refractivity contribution is 1.08. The summed E-state index contributed by atoms with van der Waals surface area (Å²) in [6, 6.07) is 4.44. The number of aromatic amines is 1. The second-order valence-electron chi connectivity index (χ2n) is 4.22. The Bertz CT molecular complexity index is 449. The SMILES string of the molecule is Cc1cc(C)c(CNc2cn[nH]c2)c(C)c1. The molecule has 0 bridgehead atoms. The van der Waals surface area contributed by atoms with Gasteiger partial charge in [0.25, 0.3) is 0 Å². The Morgan fingerprint density at radius 2 is 1.88 bits per heavy atom. The summed E-state index contributed by atoms with van der Waals surface area (Å²) in [5.41, 5.74) is 6.40. The number of aryl methyl sites for hydroxylation is 3. The van der Waals surface area contributed by atoms with Crippen LogP contribution >= 0.6 is 0 Å². The molecule has 16 heavy (non-hydrogen) atoms. The number of anilines is 1. The Labute approximate surface area is 95.9 Å². The van der Waals surface area contributed by atoms with E-state index in [2.05, 4.69) is 48.4 Å². The molecule has 0 radical (unpaired) electrons. The lowest BCUT2D eigenvalue weighted by Crippen LogP contribution is -2.03. The topological polar surface area (TPSA) is 40.7 Å². The van der Waals surface area contributed by atoms with Gasteiger partial charge in [0, 0.05) is 12.7 Å². The molecule has 2 rings (SSSR count). The van der Waals surface area contributed by atoms with E-state index in [1.807, 2.05) is 6.20 Å². The molecule has 0 spiro atoms. The minimum Gasteiger partial charge on any atom is -0.378 e. The molecule has 1 aromatic heterocycles. The molecule has 0 aliphatic rings. The molecular weight excluding hydrogens is 198 g/mol. The van der Waals surface area contributed by atoms with Crippen molar-refractivity contribution < 1.29 is 0 Å². The summed E-state index contributed by atoms with van der Waals surface area (Å²) in [5.74, 6) is 0. The number of hydrogen-bond acceptors (Lipinski definition) is 2. The summed E-state index contributed by atoms with van der Waals surface area (Å²) in [6.07, 6.45) is 3.65. The van der Waals surface area contributed by atoms with Crippen LogP contribution in [0.15, 0.2) is 24.5 Å². The first kappa shape index (κ1) is 10.7. The van der Waals surface area contributed by atoms with Crippen molar-refractivity contribution >= 4 is 5.69 Å². The molecule has 3 nitrogen and oxygen atoms in total. The maximum atomic E-state index is 3.91. The van der Waals surface area contributed by atoms with E-state index in [1.165, 1.54) is 22.3 Å². The fourth-order valence-corrected chi connectivity index (χ4v) is 2.03. The van der Waals surface area contributed by atoms with Crippen molar-refractivity contribution in [2.45, 2.75) is 27.3 Å². The Morgan fingerprint density at radius 3 is 2.44 bits per heavy atom. The first-order chi connectivity index (χ1) is 7.66. The highest BCUT2D eigenvalue weighted by Gasteiger charge is 2.03. The van der Waals surface area contributed by atoms with E-state index in [1.54, 1.807) is 6.20 Å². The van der Waals surface area contributed by atoms with Crippen LogP contribution in [0.5, 0.6) is 0 Å². The van der Waals surface area contributed by atoms with Crippen LogP contribution in [0.2, 0.25) is 0 Å². The number of aromatic nitrogens is 2. The molecule has 0 atom stereocenters. The molecule has 0 unspecified atom stereocenters. The summed E-state index contributed by atoms with van der Waals surface area (Å²) in [4.78, 5) is 0. The third kappa shape index (κ3) is 2.24. The van der Waals surface area contributed by atoms with E-state index in [0.717, 1.165) is 12.2 Å². The Balaban J connectivity index is 2.15. The fraction of sp³-hybridized carbons (Fsp3) is 0.308. The maximum absolute atomic E-state index is 3.91. The van der Waals surface area contributed by atoms with Crippen molar-refractivity contribution in [2.24, 2.45) is 0 Å².